The van der Waals surface area contributed by atoms with E-state index in [0.29, 0.717) is 18.4 Å². The smallest absolute Gasteiger partial charge is 0.163 e. The predicted octanol–water partition coefficient (Wildman–Crippen LogP) is 5.05. The van der Waals surface area contributed by atoms with Crippen LogP contribution in [-0.2, 0) is 16.9 Å². The topological polar surface area (TPSA) is 91.5 Å². The summed E-state index contributed by atoms with van der Waals surface area (Å²) < 4.78 is 20.1. The van der Waals surface area contributed by atoms with Gasteiger partial charge in [-0.2, -0.15) is 0 Å². The predicted molar refractivity (Wildman–Crippen MR) is 147 cm³/mol. The van der Waals surface area contributed by atoms with Crippen molar-refractivity contribution in [3.63, 3.8) is 0 Å². The van der Waals surface area contributed by atoms with Crippen LogP contribution in [0.3, 0.4) is 0 Å². The molecule has 39 heavy (non-hydrogen) atoms. The SMILES string of the molecule is COc1ccc(C(OCc2nc3cncnc3n2C2CC(O)C2)(c2ccccc2)c2ccc(OC)cc2)cc1. The normalized spacial score (nSPS) is 17.1. The van der Waals surface area contributed by atoms with E-state index in [1.165, 1.54) is 6.33 Å². The summed E-state index contributed by atoms with van der Waals surface area (Å²) in [6.45, 7) is 0.204. The maximum atomic E-state index is 10.1. The standard InChI is InChI=1S/C31H30N4O4/c1-37-26-12-8-22(9-13-26)31(21-6-4-3-5-7-21,23-10-14-27(38-2)15-11-23)39-19-29-34-28-18-32-20-33-30(28)35(29)24-16-25(36)17-24/h3-15,18,20,24-25,36H,16-17,19H2,1-2H3. The van der Waals surface area contributed by atoms with Crippen LogP contribution in [-0.4, -0.2) is 44.9 Å². The van der Waals surface area contributed by atoms with Crippen molar-refractivity contribution < 1.29 is 19.3 Å². The first kappa shape index (κ1) is 25.0. The Bertz CT molecular complexity index is 1500. The molecule has 198 valence electrons. The van der Waals surface area contributed by atoms with E-state index in [2.05, 4.69) is 26.7 Å². The van der Waals surface area contributed by atoms with Gasteiger partial charge in [-0.3, -0.25) is 0 Å². The second-order valence-corrected chi connectivity index (χ2v) is 9.70. The Kier molecular flexibility index (Phi) is 6.72. The molecule has 0 unspecified atom stereocenters. The average molecular weight is 523 g/mol. The molecule has 1 aliphatic carbocycles. The van der Waals surface area contributed by atoms with Gasteiger partial charge in [-0.15, -0.1) is 0 Å². The number of methoxy groups -OCH3 is 2. The minimum atomic E-state index is -0.965. The van der Waals surface area contributed by atoms with Crippen molar-refractivity contribution in [2.24, 2.45) is 0 Å². The number of hydrogen-bond acceptors (Lipinski definition) is 7. The molecule has 3 aromatic carbocycles. The molecule has 0 spiro atoms. The van der Waals surface area contributed by atoms with Crippen LogP contribution in [0.25, 0.3) is 11.2 Å². The summed E-state index contributed by atoms with van der Waals surface area (Å²) >= 11 is 0. The third-order valence-corrected chi connectivity index (χ3v) is 7.47. The lowest BCUT2D eigenvalue weighted by atomic mass is 9.80. The number of hydrogen-bond donors (Lipinski definition) is 1. The summed E-state index contributed by atoms with van der Waals surface area (Å²) in [6, 6.07) is 26.2. The summed E-state index contributed by atoms with van der Waals surface area (Å²) in [5.41, 5.74) is 3.36. The third kappa shape index (κ3) is 4.51. The number of nitrogens with zero attached hydrogens (tertiary/aromatic N) is 4. The van der Waals surface area contributed by atoms with Crippen molar-refractivity contribution in [1.29, 1.82) is 0 Å². The van der Waals surface area contributed by atoms with Crippen LogP contribution in [0.5, 0.6) is 11.5 Å². The Hall–Kier alpha value is -4.27. The zero-order chi connectivity index (χ0) is 26.8. The van der Waals surface area contributed by atoms with Crippen molar-refractivity contribution in [2.45, 2.75) is 37.2 Å². The molecular weight excluding hydrogens is 492 g/mol. The van der Waals surface area contributed by atoms with Crippen LogP contribution < -0.4 is 9.47 Å². The van der Waals surface area contributed by atoms with E-state index >= 15 is 0 Å². The highest BCUT2D eigenvalue weighted by atomic mass is 16.5. The van der Waals surface area contributed by atoms with Crippen LogP contribution in [0.4, 0.5) is 0 Å². The van der Waals surface area contributed by atoms with Gasteiger partial charge in [0.1, 0.15) is 41.4 Å². The Morgan fingerprint density at radius 3 is 2.00 bits per heavy atom. The summed E-state index contributed by atoms with van der Waals surface area (Å²) in [6.07, 6.45) is 4.25. The fourth-order valence-corrected chi connectivity index (χ4v) is 5.40. The van der Waals surface area contributed by atoms with E-state index in [1.54, 1.807) is 20.4 Å². The molecule has 0 aliphatic heterocycles. The minimum Gasteiger partial charge on any atom is -0.497 e. The quantitative estimate of drug-likeness (QED) is 0.271. The largest absolute Gasteiger partial charge is 0.497 e. The number of rotatable bonds is 9. The van der Waals surface area contributed by atoms with Crippen molar-refractivity contribution in [3.8, 4) is 11.5 Å². The van der Waals surface area contributed by atoms with Crippen molar-refractivity contribution in [1.82, 2.24) is 19.5 Å². The summed E-state index contributed by atoms with van der Waals surface area (Å²) in [5, 5.41) is 10.1. The second-order valence-electron chi connectivity index (χ2n) is 9.70. The Balaban J connectivity index is 1.50. The molecule has 0 amide bonds. The first-order chi connectivity index (χ1) is 19.1. The molecule has 0 radical (unpaired) electrons. The number of aliphatic hydroxyl groups excluding tert-OH is 1. The Morgan fingerprint density at radius 2 is 1.44 bits per heavy atom. The number of fused-ring (bicyclic) bond motifs is 1. The number of imidazole rings is 1. The van der Waals surface area contributed by atoms with Gasteiger partial charge >= 0.3 is 0 Å². The van der Waals surface area contributed by atoms with Gasteiger partial charge in [0, 0.05) is 6.04 Å². The molecule has 8 heteroatoms. The Labute approximate surface area is 226 Å². The molecule has 8 nitrogen and oxygen atoms in total. The number of ether oxygens (including phenoxy) is 3. The highest BCUT2D eigenvalue weighted by molar-refractivity contribution is 5.70. The molecular formula is C31H30N4O4. The van der Waals surface area contributed by atoms with Gasteiger partial charge in [-0.1, -0.05) is 54.6 Å². The average Bonchev–Trinajstić information content (AvgIpc) is 3.35. The lowest BCUT2D eigenvalue weighted by molar-refractivity contribution is -0.00867. The van der Waals surface area contributed by atoms with Crippen molar-refractivity contribution >= 4 is 11.2 Å². The van der Waals surface area contributed by atoms with Crippen LogP contribution in [0.15, 0.2) is 91.4 Å². The van der Waals surface area contributed by atoms with Crippen LogP contribution in [0.2, 0.25) is 0 Å². The Morgan fingerprint density at radius 1 is 0.846 bits per heavy atom. The summed E-state index contributed by atoms with van der Waals surface area (Å²) in [5.74, 6) is 2.27. The highest BCUT2D eigenvalue weighted by Crippen LogP contribution is 2.43. The maximum absolute atomic E-state index is 10.1. The van der Waals surface area contributed by atoms with E-state index < -0.39 is 5.60 Å². The van der Waals surface area contributed by atoms with E-state index in [-0.39, 0.29) is 18.8 Å². The fraction of sp³-hybridized carbons (Fsp3) is 0.258. The molecule has 2 heterocycles. The molecule has 0 bridgehead atoms. The molecule has 1 N–H and O–H groups in total. The lowest BCUT2D eigenvalue weighted by Gasteiger charge is -2.37. The zero-order valence-electron chi connectivity index (χ0n) is 21.9. The van der Waals surface area contributed by atoms with Crippen molar-refractivity contribution in [2.75, 3.05) is 14.2 Å². The molecule has 1 fully saturated rings. The second kappa shape index (κ2) is 10.5. The van der Waals surface area contributed by atoms with Crippen LogP contribution in [0.1, 0.15) is 41.4 Å². The molecule has 0 atom stereocenters. The summed E-state index contributed by atoms with van der Waals surface area (Å²) in [7, 11) is 3.31. The number of benzene rings is 3. The fourth-order valence-electron chi connectivity index (χ4n) is 5.40. The first-order valence-corrected chi connectivity index (χ1v) is 13.0. The van der Waals surface area contributed by atoms with Gasteiger partial charge in [0.15, 0.2) is 5.65 Å². The van der Waals surface area contributed by atoms with Gasteiger partial charge < -0.3 is 23.9 Å². The molecule has 1 saturated carbocycles. The molecule has 1 aliphatic rings. The zero-order valence-corrected chi connectivity index (χ0v) is 21.9. The van der Waals surface area contributed by atoms with Crippen LogP contribution >= 0.6 is 0 Å². The van der Waals surface area contributed by atoms with E-state index in [4.69, 9.17) is 19.2 Å². The van der Waals surface area contributed by atoms with Gasteiger partial charge in [-0.25, -0.2) is 15.0 Å². The highest BCUT2D eigenvalue weighted by Gasteiger charge is 2.39. The molecule has 0 saturated heterocycles. The lowest BCUT2D eigenvalue weighted by Crippen LogP contribution is -2.35. The van der Waals surface area contributed by atoms with Gasteiger partial charge in [0.05, 0.1) is 26.5 Å². The van der Waals surface area contributed by atoms with E-state index in [0.717, 1.165) is 39.7 Å². The minimum absolute atomic E-state index is 0.103. The first-order valence-electron chi connectivity index (χ1n) is 13.0. The summed E-state index contributed by atoms with van der Waals surface area (Å²) in [4.78, 5) is 13.6. The van der Waals surface area contributed by atoms with Gasteiger partial charge in [-0.05, 0) is 53.8 Å². The van der Waals surface area contributed by atoms with Gasteiger partial charge in [0.2, 0.25) is 0 Å². The van der Waals surface area contributed by atoms with Gasteiger partial charge in [0.25, 0.3) is 0 Å². The maximum Gasteiger partial charge on any atom is 0.163 e. The van der Waals surface area contributed by atoms with E-state index in [1.807, 2.05) is 66.7 Å². The van der Waals surface area contributed by atoms with Crippen LogP contribution in [0, 0.1) is 0 Å². The monoisotopic (exact) mass is 522 g/mol. The third-order valence-electron chi connectivity index (χ3n) is 7.47. The number of aliphatic hydroxyl groups is 1. The van der Waals surface area contributed by atoms with Crippen molar-refractivity contribution in [3.05, 3.63) is 114 Å². The van der Waals surface area contributed by atoms with E-state index in [9.17, 15) is 5.11 Å². The molecule has 5 aromatic rings. The molecule has 6 rings (SSSR count). The number of aromatic nitrogens is 4. The molecule has 2 aromatic heterocycles.